The van der Waals surface area contributed by atoms with Crippen LogP contribution in [0.2, 0.25) is 0 Å². The maximum absolute atomic E-state index is 12.5. The van der Waals surface area contributed by atoms with Gasteiger partial charge in [-0.15, -0.1) is 6.42 Å². The fraction of sp³-hybridized carbons (Fsp3) is 0.654. The standard InChI is InChI=1S/C26H40N7O7P/c1-6-9-11-37-24(35)17(4)31-41(32-18(5)25(36)38-12-10-7-2)16-39-26(8-3)13-19(34)23(40-26)33-15-30-20-21(27)28-14-29-22(20)33/h3,14-15,17-19,23,31-32,34H,6-7,9-13,16H2,1-2,4-5H3,(H2,27,28,29)/t17-,18-,19?,23?,26?/m0/s1. The molecule has 226 valence electrons. The molecule has 3 rings (SSSR count). The van der Waals surface area contributed by atoms with E-state index >= 15 is 0 Å². The SMILES string of the molecule is C#CC1(OCP(N[C@@H](C)C(=O)OCCCC)N[C@@H](C)C(=O)OCCCC)CC(O)C(n2cnc3c(N)ncnc32)O1. The van der Waals surface area contributed by atoms with Crippen molar-refractivity contribution in [2.45, 2.75) is 90.0 Å². The number of unbranched alkanes of at least 4 members (excludes halogenated alkanes) is 2. The lowest BCUT2D eigenvalue weighted by molar-refractivity contribution is -0.192. The Balaban J connectivity index is 1.72. The summed E-state index contributed by atoms with van der Waals surface area (Å²) in [6.07, 6.45) is 9.71. The predicted octanol–water partition coefficient (Wildman–Crippen LogP) is 1.95. The van der Waals surface area contributed by atoms with E-state index in [4.69, 9.17) is 31.1 Å². The van der Waals surface area contributed by atoms with Crippen LogP contribution in [-0.4, -0.2) is 80.1 Å². The monoisotopic (exact) mass is 593 g/mol. The first kappa shape index (κ1) is 32.6. The molecular weight excluding hydrogens is 553 g/mol. The lowest BCUT2D eigenvalue weighted by atomic mass is 10.1. The van der Waals surface area contributed by atoms with Crippen LogP contribution >= 0.6 is 8.22 Å². The number of terminal acetylenes is 1. The largest absolute Gasteiger partial charge is 0.465 e. The van der Waals surface area contributed by atoms with Gasteiger partial charge in [-0.2, -0.15) is 0 Å². The van der Waals surface area contributed by atoms with Gasteiger partial charge in [0.25, 0.3) is 0 Å². The first-order chi connectivity index (χ1) is 19.6. The number of carbonyl (C=O) groups is 2. The highest BCUT2D eigenvalue weighted by Crippen LogP contribution is 2.41. The molecule has 1 saturated heterocycles. The van der Waals surface area contributed by atoms with Crippen LogP contribution in [0, 0.1) is 12.3 Å². The van der Waals surface area contributed by atoms with Crippen molar-refractivity contribution in [2.24, 2.45) is 0 Å². The first-order valence-electron chi connectivity index (χ1n) is 13.7. The van der Waals surface area contributed by atoms with Crippen LogP contribution in [0.1, 0.15) is 66.0 Å². The van der Waals surface area contributed by atoms with Gasteiger partial charge in [-0.05, 0) is 32.6 Å². The second-order valence-corrected chi connectivity index (χ2v) is 11.3. The molecule has 5 N–H and O–H groups in total. The molecule has 5 atom stereocenters. The Morgan fingerprint density at radius 2 is 1.80 bits per heavy atom. The smallest absolute Gasteiger partial charge is 0.323 e. The van der Waals surface area contributed by atoms with Crippen molar-refractivity contribution in [2.75, 3.05) is 25.3 Å². The third kappa shape index (κ3) is 8.54. The van der Waals surface area contributed by atoms with Crippen LogP contribution in [0.15, 0.2) is 12.7 Å². The molecule has 3 heterocycles. The molecule has 0 aromatic carbocycles. The second kappa shape index (κ2) is 15.3. The zero-order chi connectivity index (χ0) is 30.0. The number of nitrogens with zero attached hydrogens (tertiary/aromatic N) is 4. The molecule has 0 radical (unpaired) electrons. The summed E-state index contributed by atoms with van der Waals surface area (Å²) in [5.74, 6) is 0.223. The fourth-order valence-corrected chi connectivity index (χ4v) is 5.67. The number of rotatable bonds is 16. The van der Waals surface area contributed by atoms with Crippen molar-refractivity contribution in [1.82, 2.24) is 29.7 Å². The van der Waals surface area contributed by atoms with Crippen LogP contribution in [0.5, 0.6) is 0 Å². The van der Waals surface area contributed by atoms with Crippen LogP contribution in [0.3, 0.4) is 0 Å². The molecule has 1 aliphatic heterocycles. The Hall–Kier alpha value is -2.92. The second-order valence-electron chi connectivity index (χ2n) is 9.71. The molecule has 0 bridgehead atoms. The van der Waals surface area contributed by atoms with E-state index in [9.17, 15) is 14.7 Å². The zero-order valence-electron chi connectivity index (χ0n) is 23.9. The highest BCUT2D eigenvalue weighted by molar-refractivity contribution is 7.53. The molecule has 1 fully saturated rings. The lowest BCUT2D eigenvalue weighted by Crippen LogP contribution is -2.42. The maximum atomic E-state index is 12.5. The quantitative estimate of drug-likeness (QED) is 0.0959. The first-order valence-corrected chi connectivity index (χ1v) is 15.2. The number of hydrogen-bond acceptors (Lipinski definition) is 13. The van der Waals surface area contributed by atoms with Crippen molar-refractivity contribution in [1.29, 1.82) is 0 Å². The van der Waals surface area contributed by atoms with E-state index < -0.39 is 50.4 Å². The highest BCUT2D eigenvalue weighted by Gasteiger charge is 2.48. The molecule has 0 amide bonds. The van der Waals surface area contributed by atoms with Crippen molar-refractivity contribution < 1.29 is 33.6 Å². The molecule has 14 nitrogen and oxygen atoms in total. The van der Waals surface area contributed by atoms with Gasteiger partial charge in [0.1, 0.15) is 30.0 Å². The third-order valence-electron chi connectivity index (χ3n) is 6.32. The summed E-state index contributed by atoms with van der Waals surface area (Å²) in [7, 11) is -1.54. The Kier molecular flexibility index (Phi) is 12.2. The Morgan fingerprint density at radius 1 is 1.20 bits per heavy atom. The number of aromatic nitrogens is 4. The zero-order valence-corrected chi connectivity index (χ0v) is 24.8. The number of nitrogen functional groups attached to an aromatic ring is 1. The topological polar surface area (TPSA) is 185 Å². The number of aliphatic hydroxyl groups is 1. The summed E-state index contributed by atoms with van der Waals surface area (Å²) in [5.41, 5.74) is 6.61. The summed E-state index contributed by atoms with van der Waals surface area (Å²) in [5, 5.41) is 17.2. The van der Waals surface area contributed by atoms with Crippen LogP contribution in [-0.2, 0) is 28.5 Å². The van der Waals surface area contributed by atoms with Crippen molar-refractivity contribution >= 4 is 37.1 Å². The van der Waals surface area contributed by atoms with Gasteiger partial charge in [0.05, 0.1) is 34.1 Å². The van der Waals surface area contributed by atoms with Gasteiger partial charge >= 0.3 is 11.9 Å². The average Bonchev–Trinajstić information content (AvgIpc) is 3.53. The maximum Gasteiger partial charge on any atom is 0.323 e. The molecule has 0 saturated carbocycles. The Morgan fingerprint density at radius 3 is 2.37 bits per heavy atom. The number of anilines is 1. The fourth-order valence-electron chi connectivity index (χ4n) is 3.96. The van der Waals surface area contributed by atoms with Gasteiger partial charge in [-0.3, -0.25) is 24.3 Å². The Bertz CT molecular complexity index is 1180. The van der Waals surface area contributed by atoms with Gasteiger partial charge in [-0.1, -0.05) is 26.7 Å². The summed E-state index contributed by atoms with van der Waals surface area (Å²) in [6.45, 7) is 7.96. The van der Waals surface area contributed by atoms with E-state index in [-0.39, 0.29) is 18.6 Å². The van der Waals surface area contributed by atoms with E-state index in [1.165, 1.54) is 17.2 Å². The molecule has 2 aromatic heterocycles. The highest BCUT2D eigenvalue weighted by atomic mass is 31.1. The van der Waals surface area contributed by atoms with E-state index in [0.29, 0.717) is 24.4 Å². The molecule has 0 spiro atoms. The summed E-state index contributed by atoms with van der Waals surface area (Å²) in [4.78, 5) is 37.4. The van der Waals surface area contributed by atoms with E-state index in [1.807, 2.05) is 13.8 Å². The molecule has 3 unspecified atom stereocenters. The van der Waals surface area contributed by atoms with E-state index in [1.54, 1.807) is 13.8 Å². The molecule has 2 aromatic rings. The number of nitrogens with one attached hydrogen (secondary N) is 2. The van der Waals surface area contributed by atoms with E-state index in [0.717, 1.165) is 25.7 Å². The minimum atomic E-state index is -1.61. The number of carbonyl (C=O) groups excluding carboxylic acids is 2. The number of ether oxygens (including phenoxy) is 4. The number of imidazole rings is 1. The summed E-state index contributed by atoms with van der Waals surface area (Å²) in [6, 6.07) is -1.41. The summed E-state index contributed by atoms with van der Waals surface area (Å²) >= 11 is 0. The minimum Gasteiger partial charge on any atom is -0.465 e. The number of esters is 2. The van der Waals surface area contributed by atoms with Crippen LogP contribution < -0.4 is 15.9 Å². The molecule has 15 heteroatoms. The van der Waals surface area contributed by atoms with Crippen molar-refractivity contribution in [3.05, 3.63) is 12.7 Å². The minimum absolute atomic E-state index is 0.0548. The number of aliphatic hydroxyl groups excluding tert-OH is 1. The van der Waals surface area contributed by atoms with Gasteiger partial charge in [0.15, 0.2) is 17.7 Å². The summed E-state index contributed by atoms with van der Waals surface area (Å²) < 4.78 is 24.3. The third-order valence-corrected chi connectivity index (χ3v) is 8.10. The van der Waals surface area contributed by atoms with Gasteiger partial charge in [0.2, 0.25) is 5.79 Å². The molecule has 41 heavy (non-hydrogen) atoms. The number of hydrogen-bond donors (Lipinski definition) is 4. The van der Waals surface area contributed by atoms with Crippen LogP contribution in [0.25, 0.3) is 11.2 Å². The van der Waals surface area contributed by atoms with Crippen molar-refractivity contribution in [3.8, 4) is 12.3 Å². The van der Waals surface area contributed by atoms with E-state index in [2.05, 4.69) is 31.0 Å². The van der Waals surface area contributed by atoms with Gasteiger partial charge in [0, 0.05) is 6.42 Å². The number of fused-ring (bicyclic) bond motifs is 1. The average molecular weight is 594 g/mol. The van der Waals surface area contributed by atoms with Gasteiger partial charge in [-0.25, -0.2) is 15.0 Å². The lowest BCUT2D eigenvalue weighted by Gasteiger charge is -2.30. The normalized spacial score (nSPS) is 22.0. The number of nitrogens with two attached hydrogens (primary N) is 1. The van der Waals surface area contributed by atoms with Crippen molar-refractivity contribution in [3.63, 3.8) is 0 Å². The molecule has 1 aliphatic rings. The van der Waals surface area contributed by atoms with Gasteiger partial charge < -0.3 is 29.8 Å². The molecule has 0 aliphatic carbocycles. The Labute approximate surface area is 240 Å². The molecular formula is C26H40N7O7P. The predicted molar refractivity (Wildman–Crippen MR) is 152 cm³/mol. The van der Waals surface area contributed by atoms with Crippen LogP contribution in [0.4, 0.5) is 5.82 Å².